The number of rotatable bonds is 6. The normalized spacial score (nSPS) is 12.6. The van der Waals surface area contributed by atoms with Crippen molar-refractivity contribution in [3.05, 3.63) is 29.3 Å². The van der Waals surface area contributed by atoms with Gasteiger partial charge in [0.05, 0.1) is 10.6 Å². The van der Waals surface area contributed by atoms with Crippen molar-refractivity contribution in [3.8, 4) is 10.6 Å². The van der Waals surface area contributed by atoms with E-state index in [-0.39, 0.29) is 11.9 Å². The number of carbonyl (C=O) groups is 1. The van der Waals surface area contributed by atoms with E-state index in [1.807, 2.05) is 17.5 Å². The molecule has 108 valence electrons. The van der Waals surface area contributed by atoms with Crippen molar-refractivity contribution in [1.29, 1.82) is 0 Å². The topological polar surface area (TPSA) is 83.8 Å². The molecule has 0 saturated heterocycles. The van der Waals surface area contributed by atoms with Crippen molar-refractivity contribution in [1.82, 2.24) is 15.5 Å². The Balaban J connectivity index is 2.02. The number of amides is 1. The molecule has 1 unspecified atom stereocenters. The summed E-state index contributed by atoms with van der Waals surface area (Å²) in [5.74, 6) is 0.310. The Labute approximate surface area is 122 Å². The van der Waals surface area contributed by atoms with Crippen molar-refractivity contribution in [3.63, 3.8) is 0 Å². The van der Waals surface area contributed by atoms with Gasteiger partial charge in [-0.3, -0.25) is 9.89 Å². The maximum absolute atomic E-state index is 12.1. The van der Waals surface area contributed by atoms with E-state index < -0.39 is 0 Å². The molecule has 0 aliphatic carbocycles. The predicted octanol–water partition coefficient (Wildman–Crippen LogP) is 2.24. The maximum atomic E-state index is 12.1. The molecule has 6 heteroatoms. The number of hydrogen-bond donors (Lipinski definition) is 3. The fourth-order valence-corrected chi connectivity index (χ4v) is 2.73. The highest BCUT2D eigenvalue weighted by atomic mass is 32.1. The second-order valence-corrected chi connectivity index (χ2v) is 6.13. The first kappa shape index (κ1) is 14.7. The largest absolute Gasteiger partial charge is 0.347 e. The van der Waals surface area contributed by atoms with Crippen LogP contribution in [-0.4, -0.2) is 28.7 Å². The van der Waals surface area contributed by atoms with Gasteiger partial charge in [0.1, 0.15) is 0 Å². The van der Waals surface area contributed by atoms with Crippen LogP contribution in [0.15, 0.2) is 23.6 Å². The molecule has 0 aromatic carbocycles. The van der Waals surface area contributed by atoms with E-state index in [0.717, 1.165) is 17.0 Å². The van der Waals surface area contributed by atoms with E-state index in [1.165, 1.54) is 0 Å². The van der Waals surface area contributed by atoms with Gasteiger partial charge >= 0.3 is 0 Å². The first-order valence-electron chi connectivity index (χ1n) is 6.70. The fraction of sp³-hybridized carbons (Fsp3) is 0.429. The Morgan fingerprint density at radius 2 is 2.35 bits per heavy atom. The number of carbonyl (C=O) groups excluding carboxylic acids is 1. The number of aromatic amines is 1. The van der Waals surface area contributed by atoms with Crippen molar-refractivity contribution in [2.75, 3.05) is 6.54 Å². The minimum Gasteiger partial charge on any atom is -0.347 e. The maximum Gasteiger partial charge on any atom is 0.272 e. The lowest BCUT2D eigenvalue weighted by Gasteiger charge is -2.17. The molecule has 2 aromatic rings. The number of nitrogens with one attached hydrogen (secondary N) is 2. The van der Waals surface area contributed by atoms with Crippen LogP contribution in [0.5, 0.6) is 0 Å². The molecule has 0 bridgehead atoms. The van der Waals surface area contributed by atoms with Crippen LogP contribution in [-0.2, 0) is 0 Å². The second-order valence-electron chi connectivity index (χ2n) is 5.18. The van der Waals surface area contributed by atoms with E-state index in [2.05, 4.69) is 29.4 Å². The third-order valence-corrected chi connectivity index (χ3v) is 3.88. The molecule has 1 atom stereocenters. The third kappa shape index (κ3) is 3.68. The van der Waals surface area contributed by atoms with E-state index >= 15 is 0 Å². The summed E-state index contributed by atoms with van der Waals surface area (Å²) in [7, 11) is 0. The molecule has 0 aliphatic heterocycles. The molecule has 0 spiro atoms. The monoisotopic (exact) mass is 292 g/mol. The Morgan fingerprint density at radius 3 is 2.95 bits per heavy atom. The number of H-pyrrole nitrogens is 1. The number of hydrogen-bond acceptors (Lipinski definition) is 4. The fourth-order valence-electron chi connectivity index (χ4n) is 2.04. The molecule has 0 aliphatic rings. The zero-order valence-electron chi connectivity index (χ0n) is 11.7. The molecule has 2 heterocycles. The van der Waals surface area contributed by atoms with Gasteiger partial charge in [0.25, 0.3) is 5.91 Å². The third-order valence-electron chi connectivity index (χ3n) is 2.97. The molecule has 5 nitrogen and oxygen atoms in total. The Kier molecular flexibility index (Phi) is 4.92. The van der Waals surface area contributed by atoms with Crippen molar-refractivity contribution in [2.45, 2.75) is 26.3 Å². The van der Waals surface area contributed by atoms with Crippen LogP contribution in [0.4, 0.5) is 0 Å². The molecule has 2 rings (SSSR count). The standard InChI is InChI=1S/C14H20N4OS/c1-9(2)6-10(8-15)16-14(19)12-7-11(17-18-12)13-4-3-5-20-13/h3-5,7,9-10H,6,8,15H2,1-2H3,(H,16,19)(H,17,18). The van der Waals surface area contributed by atoms with E-state index in [9.17, 15) is 4.79 Å². The molecule has 4 N–H and O–H groups in total. The van der Waals surface area contributed by atoms with Gasteiger partial charge in [0.15, 0.2) is 5.69 Å². The first-order chi connectivity index (χ1) is 9.60. The van der Waals surface area contributed by atoms with E-state index in [4.69, 9.17) is 5.73 Å². The van der Waals surface area contributed by atoms with Gasteiger partial charge in [-0.2, -0.15) is 5.10 Å². The highest BCUT2D eigenvalue weighted by Gasteiger charge is 2.16. The molecule has 20 heavy (non-hydrogen) atoms. The lowest BCUT2D eigenvalue weighted by Crippen LogP contribution is -2.41. The zero-order chi connectivity index (χ0) is 14.5. The Bertz CT molecular complexity index is 547. The molecule has 0 saturated carbocycles. The molecular weight excluding hydrogens is 272 g/mol. The van der Waals surface area contributed by atoms with Crippen LogP contribution in [0.2, 0.25) is 0 Å². The molecule has 2 aromatic heterocycles. The van der Waals surface area contributed by atoms with Crippen LogP contribution < -0.4 is 11.1 Å². The molecule has 0 fully saturated rings. The molecule has 1 amide bonds. The minimum atomic E-state index is -0.180. The Hall–Kier alpha value is -1.66. The SMILES string of the molecule is CC(C)CC(CN)NC(=O)c1cc(-c2cccs2)[nH]n1. The van der Waals surface area contributed by atoms with Crippen LogP contribution in [0.1, 0.15) is 30.8 Å². The number of nitrogens with two attached hydrogens (primary N) is 1. The van der Waals surface area contributed by atoms with Gasteiger partial charge in [0.2, 0.25) is 0 Å². The quantitative estimate of drug-likeness (QED) is 0.763. The lowest BCUT2D eigenvalue weighted by molar-refractivity contribution is 0.0928. The highest BCUT2D eigenvalue weighted by Crippen LogP contribution is 2.22. The van der Waals surface area contributed by atoms with Gasteiger partial charge < -0.3 is 11.1 Å². The van der Waals surface area contributed by atoms with Crippen LogP contribution in [0.3, 0.4) is 0 Å². The molecule has 0 radical (unpaired) electrons. The van der Waals surface area contributed by atoms with Crippen molar-refractivity contribution < 1.29 is 4.79 Å². The number of nitrogens with zero attached hydrogens (tertiary/aromatic N) is 1. The van der Waals surface area contributed by atoms with Crippen LogP contribution in [0, 0.1) is 5.92 Å². The van der Waals surface area contributed by atoms with Crippen molar-refractivity contribution in [2.24, 2.45) is 11.7 Å². The smallest absolute Gasteiger partial charge is 0.272 e. The van der Waals surface area contributed by atoms with Crippen LogP contribution in [0.25, 0.3) is 10.6 Å². The average molecular weight is 292 g/mol. The van der Waals surface area contributed by atoms with Gasteiger partial charge in [-0.15, -0.1) is 11.3 Å². The zero-order valence-corrected chi connectivity index (χ0v) is 12.5. The average Bonchev–Trinajstić information content (AvgIpc) is 3.07. The lowest BCUT2D eigenvalue weighted by atomic mass is 10.0. The number of thiophene rings is 1. The summed E-state index contributed by atoms with van der Waals surface area (Å²) >= 11 is 1.60. The summed E-state index contributed by atoms with van der Waals surface area (Å²) in [6.45, 7) is 4.66. The minimum absolute atomic E-state index is 0.00983. The van der Waals surface area contributed by atoms with Gasteiger partial charge in [-0.1, -0.05) is 19.9 Å². The summed E-state index contributed by atoms with van der Waals surface area (Å²) in [6.07, 6.45) is 0.866. The van der Waals surface area contributed by atoms with Gasteiger partial charge in [0, 0.05) is 12.6 Å². The first-order valence-corrected chi connectivity index (χ1v) is 7.58. The van der Waals surface area contributed by atoms with Crippen molar-refractivity contribution >= 4 is 17.2 Å². The van der Waals surface area contributed by atoms with E-state index in [1.54, 1.807) is 17.4 Å². The summed E-state index contributed by atoms with van der Waals surface area (Å²) in [5, 5.41) is 11.9. The number of aromatic nitrogens is 2. The Morgan fingerprint density at radius 1 is 1.55 bits per heavy atom. The summed E-state index contributed by atoms with van der Waals surface area (Å²) < 4.78 is 0. The highest BCUT2D eigenvalue weighted by molar-refractivity contribution is 7.13. The summed E-state index contributed by atoms with van der Waals surface area (Å²) in [4.78, 5) is 13.2. The molecular formula is C14H20N4OS. The predicted molar refractivity (Wildman–Crippen MR) is 81.7 cm³/mol. The van der Waals surface area contributed by atoms with Gasteiger partial charge in [-0.25, -0.2) is 0 Å². The van der Waals surface area contributed by atoms with Gasteiger partial charge in [-0.05, 0) is 29.9 Å². The summed E-state index contributed by atoms with van der Waals surface area (Å²) in [6, 6.07) is 5.71. The second kappa shape index (κ2) is 6.67. The van der Waals surface area contributed by atoms with E-state index in [0.29, 0.717) is 18.2 Å². The van der Waals surface area contributed by atoms with Crippen LogP contribution >= 0.6 is 11.3 Å². The summed E-state index contributed by atoms with van der Waals surface area (Å²) in [5.41, 5.74) is 6.95.